The second-order valence-corrected chi connectivity index (χ2v) is 6.31. The van der Waals surface area contributed by atoms with E-state index in [9.17, 15) is 9.59 Å². The molecule has 18 heavy (non-hydrogen) atoms. The molecular weight excluding hydrogens is 234 g/mol. The molecule has 1 amide bonds. The molecule has 0 unspecified atom stereocenters. The fraction of sp³-hybridized carbons (Fsp3) is 0.846. The second kappa shape index (κ2) is 3.26. The summed E-state index contributed by atoms with van der Waals surface area (Å²) in [4.78, 5) is 23.1. The predicted molar refractivity (Wildman–Crippen MR) is 60.7 cm³/mol. The Hall–Kier alpha value is -1.10. The highest BCUT2D eigenvalue weighted by Gasteiger charge is 2.72. The van der Waals surface area contributed by atoms with E-state index in [4.69, 9.17) is 9.84 Å². The Morgan fingerprint density at radius 2 is 2.11 bits per heavy atom. The van der Waals surface area contributed by atoms with Gasteiger partial charge in [-0.3, -0.25) is 9.59 Å². The average Bonchev–Trinajstić information content (AvgIpc) is 2.71. The van der Waals surface area contributed by atoms with Crippen LogP contribution in [0.4, 0.5) is 0 Å². The van der Waals surface area contributed by atoms with Crippen molar-refractivity contribution in [2.24, 2.45) is 17.3 Å². The molecular formula is C13H17NO4. The largest absolute Gasteiger partial charge is 0.481 e. The molecule has 0 aromatic heterocycles. The standard InChI is InChI=1S/C13H17NO4/c15-11(7-3-6-1-2-10(7)18-6)14-9-5-13(12(16)17)4-8(9)13/h6-10H,1-5H2,(H,14,15)(H,16,17)/t6-,7+,8-,9+,10+,13-/m0/s1. The van der Waals surface area contributed by atoms with E-state index >= 15 is 0 Å². The Kier molecular flexibility index (Phi) is 1.95. The summed E-state index contributed by atoms with van der Waals surface area (Å²) >= 11 is 0. The molecule has 0 spiro atoms. The van der Waals surface area contributed by atoms with E-state index in [0.717, 1.165) is 25.7 Å². The first-order valence-corrected chi connectivity index (χ1v) is 6.79. The summed E-state index contributed by atoms with van der Waals surface area (Å²) in [5.74, 6) is -0.430. The van der Waals surface area contributed by atoms with E-state index < -0.39 is 11.4 Å². The molecule has 0 aromatic rings. The zero-order chi connectivity index (χ0) is 12.5. The van der Waals surface area contributed by atoms with Gasteiger partial charge in [0.05, 0.1) is 23.5 Å². The van der Waals surface area contributed by atoms with Gasteiger partial charge in [-0.25, -0.2) is 0 Å². The molecule has 98 valence electrons. The van der Waals surface area contributed by atoms with Gasteiger partial charge in [0.2, 0.25) is 5.91 Å². The van der Waals surface area contributed by atoms with E-state index in [1.807, 2.05) is 0 Å². The molecule has 2 heterocycles. The number of carbonyl (C=O) groups excluding carboxylic acids is 1. The number of hydrogen-bond acceptors (Lipinski definition) is 3. The van der Waals surface area contributed by atoms with Gasteiger partial charge >= 0.3 is 5.97 Å². The number of carbonyl (C=O) groups is 2. The highest BCUT2D eigenvalue weighted by molar-refractivity contribution is 5.84. The highest BCUT2D eigenvalue weighted by atomic mass is 16.5. The maximum Gasteiger partial charge on any atom is 0.310 e. The molecule has 2 saturated heterocycles. The molecule has 5 nitrogen and oxygen atoms in total. The first kappa shape index (κ1) is 10.8. The average molecular weight is 251 g/mol. The van der Waals surface area contributed by atoms with Crippen LogP contribution in [0.1, 0.15) is 32.1 Å². The van der Waals surface area contributed by atoms with Gasteiger partial charge in [-0.2, -0.15) is 0 Å². The molecule has 0 radical (unpaired) electrons. The van der Waals surface area contributed by atoms with Crippen LogP contribution >= 0.6 is 0 Å². The predicted octanol–water partition coefficient (Wildman–Crippen LogP) is 0.533. The summed E-state index contributed by atoms with van der Waals surface area (Å²) in [5.41, 5.74) is -0.483. The number of nitrogens with one attached hydrogen (secondary N) is 1. The minimum atomic E-state index is -0.693. The van der Waals surface area contributed by atoms with Crippen molar-refractivity contribution in [1.29, 1.82) is 0 Å². The van der Waals surface area contributed by atoms with E-state index in [0.29, 0.717) is 6.42 Å². The Labute approximate surface area is 105 Å². The van der Waals surface area contributed by atoms with Gasteiger partial charge in [0.25, 0.3) is 0 Å². The molecule has 2 aliphatic heterocycles. The number of hydrogen-bond donors (Lipinski definition) is 2. The molecule has 2 N–H and O–H groups in total. The van der Waals surface area contributed by atoms with Crippen LogP contribution in [0.2, 0.25) is 0 Å². The zero-order valence-corrected chi connectivity index (χ0v) is 10.1. The van der Waals surface area contributed by atoms with Crippen molar-refractivity contribution in [3.63, 3.8) is 0 Å². The molecule has 2 bridgehead atoms. The molecule has 6 atom stereocenters. The summed E-state index contributed by atoms with van der Waals surface area (Å²) < 4.78 is 5.68. The monoisotopic (exact) mass is 251 g/mol. The van der Waals surface area contributed by atoms with Crippen molar-refractivity contribution in [3.05, 3.63) is 0 Å². The molecule has 2 aliphatic carbocycles. The minimum absolute atomic E-state index is 0.00216. The molecule has 4 rings (SSSR count). The van der Waals surface area contributed by atoms with Crippen LogP contribution < -0.4 is 5.32 Å². The second-order valence-electron chi connectivity index (χ2n) is 6.31. The van der Waals surface area contributed by atoms with Gasteiger partial charge in [0.15, 0.2) is 0 Å². The summed E-state index contributed by atoms with van der Waals surface area (Å²) in [6.45, 7) is 0. The van der Waals surface area contributed by atoms with Crippen LogP contribution in [0.3, 0.4) is 0 Å². The van der Waals surface area contributed by atoms with Crippen molar-refractivity contribution >= 4 is 11.9 Å². The van der Waals surface area contributed by atoms with Gasteiger partial charge in [0.1, 0.15) is 0 Å². The summed E-state index contributed by atoms with van der Waals surface area (Å²) in [7, 11) is 0. The molecule has 0 aromatic carbocycles. The summed E-state index contributed by atoms with van der Waals surface area (Å²) in [5, 5.41) is 12.1. The molecule has 2 saturated carbocycles. The number of ether oxygens (including phenoxy) is 1. The van der Waals surface area contributed by atoms with Crippen molar-refractivity contribution in [2.75, 3.05) is 0 Å². The smallest absolute Gasteiger partial charge is 0.310 e. The Morgan fingerprint density at radius 1 is 1.28 bits per heavy atom. The maximum atomic E-state index is 12.1. The third-order valence-electron chi connectivity index (χ3n) is 5.40. The lowest BCUT2D eigenvalue weighted by Gasteiger charge is -2.33. The lowest BCUT2D eigenvalue weighted by molar-refractivity contribution is -0.148. The Bertz CT molecular complexity index is 437. The normalized spacial score (nSPS) is 51.4. The van der Waals surface area contributed by atoms with Gasteiger partial charge in [0, 0.05) is 6.04 Å². The van der Waals surface area contributed by atoms with E-state index in [-0.39, 0.29) is 36.0 Å². The van der Waals surface area contributed by atoms with Crippen LogP contribution in [0.15, 0.2) is 0 Å². The Balaban J connectivity index is 1.35. The van der Waals surface area contributed by atoms with Crippen molar-refractivity contribution in [1.82, 2.24) is 5.32 Å². The fourth-order valence-corrected chi connectivity index (χ4v) is 4.16. The van der Waals surface area contributed by atoms with Crippen LogP contribution in [0, 0.1) is 17.3 Å². The molecule has 4 aliphatic rings. The van der Waals surface area contributed by atoms with Crippen LogP contribution in [0.5, 0.6) is 0 Å². The maximum absolute atomic E-state index is 12.1. The first-order valence-electron chi connectivity index (χ1n) is 6.79. The third kappa shape index (κ3) is 1.25. The number of fused-ring (bicyclic) bond motifs is 3. The highest BCUT2D eigenvalue weighted by Crippen LogP contribution is 2.67. The third-order valence-corrected chi connectivity index (χ3v) is 5.40. The Morgan fingerprint density at radius 3 is 2.61 bits per heavy atom. The van der Waals surface area contributed by atoms with E-state index in [1.54, 1.807) is 0 Å². The molecule has 4 fully saturated rings. The lowest BCUT2D eigenvalue weighted by Crippen LogP contribution is -2.51. The van der Waals surface area contributed by atoms with Gasteiger partial charge in [-0.15, -0.1) is 0 Å². The van der Waals surface area contributed by atoms with Crippen molar-refractivity contribution in [2.45, 2.75) is 50.4 Å². The fourth-order valence-electron chi connectivity index (χ4n) is 4.16. The lowest BCUT2D eigenvalue weighted by atomic mass is 9.79. The number of amides is 1. The van der Waals surface area contributed by atoms with Crippen molar-refractivity contribution < 1.29 is 19.4 Å². The molecule has 5 heteroatoms. The zero-order valence-electron chi connectivity index (χ0n) is 10.1. The van der Waals surface area contributed by atoms with E-state index in [1.165, 1.54) is 0 Å². The van der Waals surface area contributed by atoms with Crippen LogP contribution in [0.25, 0.3) is 0 Å². The number of aliphatic carboxylic acids is 1. The topological polar surface area (TPSA) is 75.6 Å². The number of carboxylic acids is 1. The summed E-state index contributed by atoms with van der Waals surface area (Å²) in [6, 6.07) is 0.0905. The number of carboxylic acid groups (broad SMARTS) is 1. The summed E-state index contributed by atoms with van der Waals surface area (Å²) in [6.07, 6.45) is 4.67. The van der Waals surface area contributed by atoms with Crippen molar-refractivity contribution in [3.8, 4) is 0 Å². The van der Waals surface area contributed by atoms with Gasteiger partial charge < -0.3 is 15.2 Å². The SMILES string of the molecule is O=C(N[C@@H]1C[C@@]2(C(=O)O)C[C@@H]12)[C@@H]1C[C@@H]2CC[C@H]1O2. The van der Waals surface area contributed by atoms with Gasteiger partial charge in [-0.05, 0) is 38.0 Å². The van der Waals surface area contributed by atoms with E-state index in [2.05, 4.69) is 5.32 Å². The van der Waals surface area contributed by atoms with Crippen LogP contribution in [-0.4, -0.2) is 35.2 Å². The van der Waals surface area contributed by atoms with Gasteiger partial charge in [-0.1, -0.05) is 0 Å². The first-order chi connectivity index (χ1) is 8.60. The van der Waals surface area contributed by atoms with Crippen LogP contribution in [-0.2, 0) is 14.3 Å². The number of rotatable bonds is 3. The minimum Gasteiger partial charge on any atom is -0.481 e. The quantitative estimate of drug-likeness (QED) is 0.767.